The van der Waals surface area contributed by atoms with Gasteiger partial charge in [-0.3, -0.25) is 4.99 Å². The van der Waals surface area contributed by atoms with Gasteiger partial charge < -0.3 is 9.84 Å². The molecule has 0 aliphatic rings. The quantitative estimate of drug-likeness (QED) is 0.820. The van der Waals surface area contributed by atoms with Crippen molar-refractivity contribution < 1.29 is 23.0 Å². The molecule has 0 saturated carbocycles. The Kier molecular flexibility index (Phi) is 4.61. The van der Waals surface area contributed by atoms with E-state index in [1.807, 2.05) is 0 Å². The molecule has 116 valence electrons. The van der Waals surface area contributed by atoms with Crippen molar-refractivity contribution in [1.29, 1.82) is 0 Å². The summed E-state index contributed by atoms with van der Waals surface area (Å²) in [4.78, 5) is 3.93. The van der Waals surface area contributed by atoms with Crippen molar-refractivity contribution in [3.63, 3.8) is 0 Å². The Hall–Kier alpha value is -2.21. The Morgan fingerprint density at radius 3 is 2.59 bits per heavy atom. The molecule has 0 aliphatic carbocycles. The second kappa shape index (κ2) is 6.27. The molecule has 0 amide bonds. The summed E-state index contributed by atoms with van der Waals surface area (Å²) in [5.41, 5.74) is -0.569. The average molecular weight is 330 g/mol. The molecule has 2 rings (SSSR count). The first-order chi connectivity index (χ1) is 10.3. The third-order valence-electron chi connectivity index (χ3n) is 2.86. The summed E-state index contributed by atoms with van der Waals surface area (Å²) in [6.07, 6.45) is -3.30. The molecular weight excluding hydrogens is 319 g/mol. The maximum Gasteiger partial charge on any atom is 0.417 e. The lowest BCUT2D eigenvalue weighted by Crippen LogP contribution is -2.05. The van der Waals surface area contributed by atoms with Crippen LogP contribution in [0.15, 0.2) is 41.4 Å². The predicted octanol–water partition coefficient (Wildman–Crippen LogP) is 4.82. The maximum atomic E-state index is 12.8. The molecular formula is C15H11ClF3NO2. The number of alkyl halides is 3. The number of halogens is 4. The van der Waals surface area contributed by atoms with Gasteiger partial charge in [-0.25, -0.2) is 0 Å². The summed E-state index contributed by atoms with van der Waals surface area (Å²) >= 11 is 5.53. The summed E-state index contributed by atoms with van der Waals surface area (Å²) in [5.74, 6) is 0.106. The van der Waals surface area contributed by atoms with Crippen molar-refractivity contribution in [1.82, 2.24) is 0 Å². The first-order valence-electron chi connectivity index (χ1n) is 6.09. The van der Waals surface area contributed by atoms with Gasteiger partial charge >= 0.3 is 6.18 Å². The summed E-state index contributed by atoms with van der Waals surface area (Å²) in [5, 5.41) is 9.48. The zero-order valence-electron chi connectivity index (χ0n) is 11.4. The molecule has 0 bridgehead atoms. The number of methoxy groups -OCH3 is 1. The van der Waals surface area contributed by atoms with Crippen LogP contribution >= 0.6 is 11.6 Å². The molecule has 3 nitrogen and oxygen atoms in total. The van der Waals surface area contributed by atoms with Crippen molar-refractivity contribution in [2.24, 2.45) is 4.99 Å². The first kappa shape index (κ1) is 16.2. The molecule has 0 unspecified atom stereocenters. The van der Waals surface area contributed by atoms with Crippen molar-refractivity contribution in [2.75, 3.05) is 7.11 Å². The largest absolute Gasteiger partial charge is 0.504 e. The van der Waals surface area contributed by atoms with Crippen LogP contribution in [0.1, 0.15) is 11.1 Å². The minimum Gasteiger partial charge on any atom is -0.504 e. The number of hydrogen-bond acceptors (Lipinski definition) is 3. The number of hydrogen-bond donors (Lipinski definition) is 1. The molecule has 0 radical (unpaired) electrons. The fourth-order valence-corrected chi connectivity index (χ4v) is 1.99. The fraction of sp³-hybridized carbons (Fsp3) is 0.133. The van der Waals surface area contributed by atoms with E-state index in [0.29, 0.717) is 5.56 Å². The molecule has 2 aromatic rings. The van der Waals surface area contributed by atoms with Gasteiger partial charge in [0.05, 0.1) is 23.4 Å². The minimum absolute atomic E-state index is 0.0685. The van der Waals surface area contributed by atoms with Gasteiger partial charge in [-0.15, -0.1) is 0 Å². The van der Waals surface area contributed by atoms with Gasteiger partial charge in [-0.2, -0.15) is 13.2 Å². The van der Waals surface area contributed by atoms with Crippen LogP contribution in [0.2, 0.25) is 5.02 Å². The van der Waals surface area contributed by atoms with Crippen LogP contribution in [0.3, 0.4) is 0 Å². The van der Waals surface area contributed by atoms with Crippen molar-refractivity contribution in [3.8, 4) is 11.5 Å². The zero-order chi connectivity index (χ0) is 16.3. The van der Waals surface area contributed by atoms with Crippen LogP contribution in [0, 0.1) is 0 Å². The molecule has 0 fully saturated rings. The second-order valence-electron chi connectivity index (χ2n) is 4.32. The molecule has 0 heterocycles. The van der Waals surface area contributed by atoms with Crippen LogP contribution in [0.5, 0.6) is 11.5 Å². The number of aliphatic imine (C=N–C) groups is 1. The topological polar surface area (TPSA) is 41.8 Å². The smallest absolute Gasteiger partial charge is 0.417 e. The van der Waals surface area contributed by atoms with Gasteiger partial charge in [0.25, 0.3) is 0 Å². The van der Waals surface area contributed by atoms with E-state index in [4.69, 9.17) is 16.3 Å². The number of para-hydroxylation sites is 1. The number of ether oxygens (including phenoxy) is 1. The third kappa shape index (κ3) is 3.51. The fourth-order valence-electron chi connectivity index (χ4n) is 1.76. The Labute approximate surface area is 129 Å². The van der Waals surface area contributed by atoms with E-state index in [1.54, 1.807) is 18.2 Å². The Bertz CT molecular complexity index is 714. The zero-order valence-corrected chi connectivity index (χ0v) is 12.1. The van der Waals surface area contributed by atoms with E-state index in [0.717, 1.165) is 12.1 Å². The number of aromatic hydroxyl groups is 1. The summed E-state index contributed by atoms with van der Waals surface area (Å²) in [6.45, 7) is 0. The molecule has 1 N–H and O–H groups in total. The summed E-state index contributed by atoms with van der Waals surface area (Å²) < 4.78 is 43.2. The van der Waals surface area contributed by atoms with Crippen LogP contribution in [-0.4, -0.2) is 18.4 Å². The van der Waals surface area contributed by atoms with E-state index in [1.165, 1.54) is 19.4 Å². The maximum absolute atomic E-state index is 12.8. The first-order valence-corrected chi connectivity index (χ1v) is 6.47. The SMILES string of the molecule is COc1cccc(C=Nc2ccc(Cl)c(C(F)(F)F)c2)c1O. The highest BCUT2D eigenvalue weighted by Crippen LogP contribution is 2.37. The normalized spacial score (nSPS) is 11.9. The van der Waals surface area contributed by atoms with Crippen LogP contribution in [-0.2, 0) is 6.18 Å². The number of benzene rings is 2. The number of nitrogens with zero attached hydrogens (tertiary/aromatic N) is 1. The molecule has 0 aliphatic heterocycles. The predicted molar refractivity (Wildman–Crippen MR) is 78.4 cm³/mol. The third-order valence-corrected chi connectivity index (χ3v) is 3.19. The van der Waals surface area contributed by atoms with E-state index in [2.05, 4.69) is 4.99 Å². The molecule has 2 aromatic carbocycles. The molecule has 7 heteroatoms. The molecule has 0 saturated heterocycles. The second-order valence-corrected chi connectivity index (χ2v) is 4.73. The monoisotopic (exact) mass is 329 g/mol. The number of phenolic OH excluding ortho intramolecular Hbond substituents is 1. The Morgan fingerprint density at radius 2 is 1.95 bits per heavy atom. The summed E-state index contributed by atoms with van der Waals surface area (Å²) in [7, 11) is 1.39. The van der Waals surface area contributed by atoms with Gasteiger partial charge in [0.15, 0.2) is 11.5 Å². The van der Waals surface area contributed by atoms with Gasteiger partial charge in [0.1, 0.15) is 0 Å². The number of phenols is 1. The van der Waals surface area contributed by atoms with Crippen LogP contribution in [0.4, 0.5) is 18.9 Å². The summed E-state index contributed by atoms with van der Waals surface area (Å²) in [6, 6.07) is 8.06. The van der Waals surface area contributed by atoms with E-state index in [9.17, 15) is 18.3 Å². The molecule has 22 heavy (non-hydrogen) atoms. The lowest BCUT2D eigenvalue weighted by molar-refractivity contribution is -0.137. The Morgan fingerprint density at radius 1 is 1.23 bits per heavy atom. The van der Waals surface area contributed by atoms with Gasteiger partial charge in [-0.1, -0.05) is 17.7 Å². The van der Waals surface area contributed by atoms with Gasteiger partial charge in [0.2, 0.25) is 0 Å². The van der Waals surface area contributed by atoms with Crippen molar-refractivity contribution >= 4 is 23.5 Å². The standard InChI is InChI=1S/C15H11ClF3NO2/c1-22-13-4-2-3-9(14(13)21)8-20-10-5-6-12(16)11(7-10)15(17,18)19/h2-8,21H,1H3. The Balaban J connectivity index is 2.35. The van der Waals surface area contributed by atoms with E-state index in [-0.39, 0.29) is 17.2 Å². The lowest BCUT2D eigenvalue weighted by Gasteiger charge is -2.09. The van der Waals surface area contributed by atoms with Gasteiger partial charge in [0, 0.05) is 11.8 Å². The highest BCUT2D eigenvalue weighted by Gasteiger charge is 2.33. The average Bonchev–Trinajstić information content (AvgIpc) is 2.46. The number of rotatable bonds is 3. The molecule has 0 aromatic heterocycles. The van der Waals surface area contributed by atoms with Gasteiger partial charge in [-0.05, 0) is 30.3 Å². The van der Waals surface area contributed by atoms with Crippen molar-refractivity contribution in [2.45, 2.75) is 6.18 Å². The van der Waals surface area contributed by atoms with Crippen LogP contribution in [0.25, 0.3) is 0 Å². The minimum atomic E-state index is -4.55. The van der Waals surface area contributed by atoms with E-state index < -0.39 is 16.8 Å². The molecule has 0 spiro atoms. The van der Waals surface area contributed by atoms with Crippen molar-refractivity contribution in [3.05, 3.63) is 52.5 Å². The highest BCUT2D eigenvalue weighted by atomic mass is 35.5. The highest BCUT2D eigenvalue weighted by molar-refractivity contribution is 6.31. The van der Waals surface area contributed by atoms with Crippen LogP contribution < -0.4 is 4.74 Å². The van der Waals surface area contributed by atoms with E-state index >= 15 is 0 Å². The molecule has 0 atom stereocenters. The lowest BCUT2D eigenvalue weighted by atomic mass is 10.2.